The number of hydrogen-bond acceptors (Lipinski definition) is 4. The summed E-state index contributed by atoms with van der Waals surface area (Å²) < 4.78 is 7.06. The fourth-order valence-electron chi connectivity index (χ4n) is 4.34. The molecule has 0 atom stereocenters. The van der Waals surface area contributed by atoms with E-state index >= 15 is 0 Å². The number of ether oxygens (including phenoxy) is 1. The maximum atomic E-state index is 13.1. The Morgan fingerprint density at radius 3 is 2.45 bits per heavy atom. The Bertz CT molecular complexity index is 1140. The highest BCUT2D eigenvalue weighted by Crippen LogP contribution is 2.49. The van der Waals surface area contributed by atoms with Gasteiger partial charge in [-0.3, -0.25) is 4.79 Å². The van der Waals surface area contributed by atoms with Crippen molar-refractivity contribution >= 4 is 6.09 Å². The van der Waals surface area contributed by atoms with E-state index in [1.165, 1.54) is 5.56 Å². The number of carbonyl (C=O) groups excluding carboxylic acids is 1. The molecule has 2 aromatic carbocycles. The van der Waals surface area contributed by atoms with Crippen molar-refractivity contribution in [2.75, 3.05) is 6.54 Å². The number of hydrogen-bond donors (Lipinski definition) is 0. The molecule has 0 unspecified atom stereocenters. The highest BCUT2D eigenvalue weighted by Gasteiger charge is 2.45. The molecule has 0 saturated heterocycles. The topological polar surface area (TPSA) is 64.4 Å². The highest BCUT2D eigenvalue weighted by molar-refractivity contribution is 5.68. The van der Waals surface area contributed by atoms with Crippen LogP contribution in [0.25, 0.3) is 0 Å². The molecule has 1 amide bonds. The van der Waals surface area contributed by atoms with Gasteiger partial charge in [0.1, 0.15) is 6.61 Å². The standard InChI is InChI=1S/C25H25N3O3/c29-23-22-11-14-27(24(30)31-17-19-7-3-1-4-8-19)16-20(22)15-26-28(23)18-25(12-13-25)21-9-5-2-6-10-21/h1-10,15H,11-14,16-18H2. The lowest BCUT2D eigenvalue weighted by Gasteiger charge is -2.28. The Morgan fingerprint density at radius 1 is 1.03 bits per heavy atom. The third-order valence-corrected chi connectivity index (χ3v) is 6.38. The van der Waals surface area contributed by atoms with Gasteiger partial charge in [-0.15, -0.1) is 0 Å². The number of rotatable bonds is 5. The van der Waals surface area contributed by atoms with E-state index in [2.05, 4.69) is 17.2 Å². The van der Waals surface area contributed by atoms with E-state index in [1.54, 1.807) is 15.8 Å². The van der Waals surface area contributed by atoms with Crippen LogP contribution in [-0.4, -0.2) is 27.3 Å². The molecule has 3 aromatic rings. The van der Waals surface area contributed by atoms with Crippen LogP contribution in [0.2, 0.25) is 0 Å². The fourth-order valence-corrected chi connectivity index (χ4v) is 4.34. The molecule has 1 saturated carbocycles. The summed E-state index contributed by atoms with van der Waals surface area (Å²) in [4.78, 5) is 27.2. The van der Waals surface area contributed by atoms with E-state index in [4.69, 9.17) is 4.74 Å². The molecule has 1 aliphatic heterocycles. The van der Waals surface area contributed by atoms with Gasteiger partial charge in [-0.25, -0.2) is 9.48 Å². The molecule has 2 heterocycles. The van der Waals surface area contributed by atoms with Crippen LogP contribution in [0.4, 0.5) is 4.79 Å². The molecule has 0 N–H and O–H groups in total. The van der Waals surface area contributed by atoms with E-state index in [9.17, 15) is 9.59 Å². The summed E-state index contributed by atoms with van der Waals surface area (Å²) in [7, 11) is 0. The van der Waals surface area contributed by atoms with Crippen LogP contribution < -0.4 is 5.56 Å². The number of fused-ring (bicyclic) bond motifs is 1. The summed E-state index contributed by atoms with van der Waals surface area (Å²) in [5.41, 5.74) is 3.80. The average molecular weight is 415 g/mol. The summed E-state index contributed by atoms with van der Waals surface area (Å²) in [6.45, 7) is 1.68. The first-order valence-corrected chi connectivity index (χ1v) is 10.7. The molecule has 31 heavy (non-hydrogen) atoms. The number of aromatic nitrogens is 2. The van der Waals surface area contributed by atoms with Crippen molar-refractivity contribution in [1.82, 2.24) is 14.7 Å². The molecular formula is C25H25N3O3. The minimum absolute atomic E-state index is 0.0221. The van der Waals surface area contributed by atoms with Gasteiger partial charge in [0.25, 0.3) is 5.56 Å². The Labute approximate surface area is 181 Å². The van der Waals surface area contributed by atoms with Gasteiger partial charge >= 0.3 is 6.09 Å². The zero-order valence-electron chi connectivity index (χ0n) is 17.4. The van der Waals surface area contributed by atoms with Crippen LogP contribution in [-0.2, 0) is 36.3 Å². The van der Waals surface area contributed by atoms with Crippen molar-refractivity contribution in [2.24, 2.45) is 0 Å². The number of nitrogens with zero attached hydrogens (tertiary/aromatic N) is 3. The summed E-state index contributed by atoms with van der Waals surface area (Å²) >= 11 is 0. The number of carbonyl (C=O) groups is 1. The lowest BCUT2D eigenvalue weighted by atomic mass is 9.96. The Balaban J connectivity index is 1.27. The van der Waals surface area contributed by atoms with Gasteiger partial charge in [0.2, 0.25) is 0 Å². The third-order valence-electron chi connectivity index (χ3n) is 6.38. The van der Waals surface area contributed by atoms with Crippen LogP contribution in [0, 0.1) is 0 Å². The SMILES string of the molecule is O=C(OCc1ccccc1)N1CCc2c(cnn(CC3(c4ccccc4)CC3)c2=O)C1. The average Bonchev–Trinajstić information content (AvgIpc) is 3.61. The first-order chi connectivity index (χ1) is 15.1. The van der Waals surface area contributed by atoms with Crippen LogP contribution in [0.5, 0.6) is 0 Å². The van der Waals surface area contributed by atoms with Gasteiger partial charge in [0, 0.05) is 23.1 Å². The van der Waals surface area contributed by atoms with Gasteiger partial charge in [0.05, 0.1) is 19.3 Å². The summed E-state index contributed by atoms with van der Waals surface area (Å²) in [6, 6.07) is 20.0. The van der Waals surface area contributed by atoms with Gasteiger partial charge < -0.3 is 9.64 Å². The van der Waals surface area contributed by atoms with E-state index in [1.807, 2.05) is 48.5 Å². The lowest BCUT2D eigenvalue weighted by Crippen LogP contribution is -2.41. The van der Waals surface area contributed by atoms with Crippen molar-refractivity contribution in [3.8, 4) is 0 Å². The summed E-state index contributed by atoms with van der Waals surface area (Å²) in [5, 5.41) is 4.45. The highest BCUT2D eigenvalue weighted by atomic mass is 16.6. The second-order valence-corrected chi connectivity index (χ2v) is 8.47. The first kappa shape index (κ1) is 19.5. The summed E-state index contributed by atoms with van der Waals surface area (Å²) in [5.74, 6) is 0. The number of benzene rings is 2. The van der Waals surface area contributed by atoms with Gasteiger partial charge in [-0.1, -0.05) is 60.7 Å². The molecule has 0 radical (unpaired) electrons. The van der Waals surface area contributed by atoms with Gasteiger partial charge in [0.15, 0.2) is 0 Å². The second kappa shape index (κ2) is 8.02. The predicted molar refractivity (Wildman–Crippen MR) is 117 cm³/mol. The van der Waals surface area contributed by atoms with Crippen molar-refractivity contribution in [2.45, 2.75) is 44.4 Å². The monoisotopic (exact) mass is 415 g/mol. The maximum Gasteiger partial charge on any atom is 0.410 e. The Morgan fingerprint density at radius 2 is 1.74 bits per heavy atom. The molecule has 1 fully saturated rings. The molecule has 6 heteroatoms. The van der Waals surface area contributed by atoms with Crippen molar-refractivity contribution in [3.63, 3.8) is 0 Å². The van der Waals surface area contributed by atoms with Crippen LogP contribution in [0.3, 0.4) is 0 Å². The van der Waals surface area contributed by atoms with Crippen LogP contribution in [0.15, 0.2) is 71.7 Å². The van der Waals surface area contributed by atoms with Gasteiger partial charge in [-0.2, -0.15) is 5.10 Å². The number of amides is 1. The van der Waals surface area contributed by atoms with Crippen LogP contribution >= 0.6 is 0 Å². The zero-order valence-corrected chi connectivity index (χ0v) is 17.4. The minimum atomic E-state index is -0.361. The molecule has 6 nitrogen and oxygen atoms in total. The van der Waals surface area contributed by atoms with Crippen molar-refractivity contribution in [3.05, 3.63) is 99.5 Å². The van der Waals surface area contributed by atoms with E-state index in [0.29, 0.717) is 26.1 Å². The first-order valence-electron chi connectivity index (χ1n) is 10.7. The van der Waals surface area contributed by atoms with E-state index < -0.39 is 0 Å². The molecule has 5 rings (SSSR count). The van der Waals surface area contributed by atoms with Gasteiger partial charge in [-0.05, 0) is 30.4 Å². The van der Waals surface area contributed by atoms with E-state index in [-0.39, 0.29) is 23.7 Å². The third kappa shape index (κ3) is 3.98. The normalized spacial score (nSPS) is 16.5. The Hall–Kier alpha value is -3.41. The fraction of sp³-hybridized carbons (Fsp3) is 0.320. The van der Waals surface area contributed by atoms with E-state index in [0.717, 1.165) is 29.5 Å². The summed E-state index contributed by atoms with van der Waals surface area (Å²) in [6.07, 6.45) is 4.05. The minimum Gasteiger partial charge on any atom is -0.445 e. The maximum absolute atomic E-state index is 13.1. The zero-order chi connectivity index (χ0) is 21.3. The smallest absolute Gasteiger partial charge is 0.410 e. The Kier molecular flexibility index (Phi) is 5.06. The second-order valence-electron chi connectivity index (χ2n) is 8.47. The van der Waals surface area contributed by atoms with Crippen LogP contribution in [0.1, 0.15) is 35.1 Å². The van der Waals surface area contributed by atoms with Crippen molar-refractivity contribution < 1.29 is 9.53 Å². The molecule has 2 aliphatic rings. The molecule has 1 aromatic heterocycles. The van der Waals surface area contributed by atoms with Crippen molar-refractivity contribution in [1.29, 1.82) is 0 Å². The molecular weight excluding hydrogens is 390 g/mol. The quantitative estimate of drug-likeness (QED) is 0.638. The predicted octanol–water partition coefficient (Wildman–Crippen LogP) is 3.67. The molecule has 1 aliphatic carbocycles. The lowest BCUT2D eigenvalue weighted by molar-refractivity contribution is 0.0916. The molecule has 0 spiro atoms. The molecule has 158 valence electrons. The molecule has 0 bridgehead atoms. The largest absolute Gasteiger partial charge is 0.445 e.